The summed E-state index contributed by atoms with van der Waals surface area (Å²) in [6.07, 6.45) is 0.440. The number of aromatic nitrogens is 1. The Morgan fingerprint density at radius 2 is 2.50 bits per heavy atom. The Morgan fingerprint density at radius 1 is 1.67 bits per heavy atom. The molecule has 6 heteroatoms. The molecule has 1 heterocycles. The molecule has 0 aliphatic heterocycles. The number of pyridine rings is 1. The summed E-state index contributed by atoms with van der Waals surface area (Å²) in [4.78, 5) is 16.5. The number of carbonyl (C=O) groups excluding carboxylic acids is 1. The van der Waals surface area contributed by atoms with Crippen molar-refractivity contribution in [1.29, 1.82) is 0 Å². The van der Waals surface area contributed by atoms with Gasteiger partial charge in [0.2, 0.25) is 5.88 Å². The number of ether oxygens (including phenoxy) is 1. The smallest absolute Gasteiger partial charge is 0.403 e. The standard InChI is InChI=1S/C6H4N4O2/c7-10-9-6(11)12-5-3-1-2-4-8-5/h1-4H. The van der Waals surface area contributed by atoms with E-state index in [2.05, 4.69) is 19.7 Å². The molecule has 0 spiro atoms. The molecule has 60 valence electrons. The highest BCUT2D eigenvalue weighted by Crippen LogP contribution is 2.03. The maximum absolute atomic E-state index is 10.5. The van der Waals surface area contributed by atoms with Gasteiger partial charge in [0.25, 0.3) is 0 Å². The quantitative estimate of drug-likeness (QED) is 0.360. The van der Waals surface area contributed by atoms with Crippen LogP contribution in [0.25, 0.3) is 10.4 Å². The normalized spacial score (nSPS) is 8.33. The molecule has 0 bridgehead atoms. The summed E-state index contributed by atoms with van der Waals surface area (Å²) in [6.45, 7) is 0. The summed E-state index contributed by atoms with van der Waals surface area (Å²) in [7, 11) is 0. The molecule has 1 aromatic heterocycles. The average Bonchev–Trinajstić information content (AvgIpc) is 2.06. The molecule has 0 radical (unpaired) electrons. The minimum Gasteiger partial charge on any atom is -0.403 e. The lowest BCUT2D eigenvalue weighted by Gasteiger charge is -1.95. The van der Waals surface area contributed by atoms with Gasteiger partial charge in [-0.3, -0.25) is 0 Å². The van der Waals surface area contributed by atoms with Gasteiger partial charge in [0.05, 0.1) is 0 Å². The van der Waals surface area contributed by atoms with Crippen molar-refractivity contribution in [2.75, 3.05) is 0 Å². The summed E-state index contributed by atoms with van der Waals surface area (Å²) < 4.78 is 4.48. The first-order valence-electron chi connectivity index (χ1n) is 3.01. The molecule has 0 aromatic carbocycles. The summed E-state index contributed by atoms with van der Waals surface area (Å²) in [5.41, 5.74) is 7.85. The van der Waals surface area contributed by atoms with E-state index in [9.17, 15) is 4.79 Å². The Kier molecular flexibility index (Phi) is 2.64. The first-order chi connectivity index (χ1) is 5.83. The first-order valence-corrected chi connectivity index (χ1v) is 3.01. The lowest BCUT2D eigenvalue weighted by molar-refractivity contribution is 0.209. The van der Waals surface area contributed by atoms with Crippen molar-refractivity contribution in [1.82, 2.24) is 4.98 Å². The number of hydrogen-bond donors (Lipinski definition) is 0. The third kappa shape index (κ3) is 2.28. The van der Waals surface area contributed by atoms with Crippen LogP contribution in [0.15, 0.2) is 29.5 Å². The van der Waals surface area contributed by atoms with E-state index in [1.807, 2.05) is 0 Å². The van der Waals surface area contributed by atoms with Crippen LogP contribution in [-0.2, 0) is 0 Å². The predicted molar refractivity (Wildman–Crippen MR) is 39.4 cm³/mol. The van der Waals surface area contributed by atoms with Crippen molar-refractivity contribution < 1.29 is 9.53 Å². The number of azide groups is 1. The zero-order chi connectivity index (χ0) is 8.81. The molecule has 6 nitrogen and oxygen atoms in total. The van der Waals surface area contributed by atoms with Crippen LogP contribution in [0.5, 0.6) is 5.88 Å². The van der Waals surface area contributed by atoms with Gasteiger partial charge in [-0.05, 0) is 11.6 Å². The third-order valence-electron chi connectivity index (χ3n) is 0.956. The molecule has 0 fully saturated rings. The summed E-state index contributed by atoms with van der Waals surface area (Å²) in [6, 6.07) is 4.79. The zero-order valence-electron chi connectivity index (χ0n) is 5.91. The van der Waals surface area contributed by atoms with E-state index in [1.54, 1.807) is 12.1 Å². The maximum atomic E-state index is 10.5. The van der Waals surface area contributed by atoms with Gasteiger partial charge >= 0.3 is 6.09 Å². The topological polar surface area (TPSA) is 88.0 Å². The van der Waals surface area contributed by atoms with Gasteiger partial charge in [0.1, 0.15) is 0 Å². The van der Waals surface area contributed by atoms with Gasteiger partial charge in [-0.2, -0.15) is 0 Å². The molecule has 0 unspecified atom stereocenters. The first kappa shape index (κ1) is 8.03. The fourth-order valence-electron chi connectivity index (χ4n) is 0.554. The van der Waals surface area contributed by atoms with Gasteiger partial charge < -0.3 is 4.74 Å². The molecular weight excluding hydrogens is 160 g/mol. The van der Waals surface area contributed by atoms with Crippen LogP contribution in [0, 0.1) is 0 Å². The Bertz CT molecular complexity index is 318. The van der Waals surface area contributed by atoms with E-state index in [0.717, 1.165) is 0 Å². The minimum absolute atomic E-state index is 0.106. The molecule has 12 heavy (non-hydrogen) atoms. The lowest BCUT2D eigenvalue weighted by atomic mass is 10.5. The highest BCUT2D eigenvalue weighted by atomic mass is 16.6. The van der Waals surface area contributed by atoms with Crippen LogP contribution in [0.3, 0.4) is 0 Å². The Morgan fingerprint density at radius 3 is 3.08 bits per heavy atom. The van der Waals surface area contributed by atoms with Gasteiger partial charge in [-0.25, -0.2) is 9.78 Å². The molecular formula is C6H4N4O2. The Balaban J connectivity index is 2.64. The average molecular weight is 164 g/mol. The number of carbonyl (C=O) groups is 1. The molecule has 0 aliphatic carbocycles. The predicted octanol–water partition coefficient (Wildman–Crippen LogP) is 1.89. The molecule has 1 rings (SSSR count). The van der Waals surface area contributed by atoms with Crippen LogP contribution in [0.2, 0.25) is 0 Å². The van der Waals surface area contributed by atoms with Crippen LogP contribution in [-0.4, -0.2) is 11.1 Å². The lowest BCUT2D eigenvalue weighted by Crippen LogP contribution is -2.01. The van der Waals surface area contributed by atoms with Gasteiger partial charge in [-0.1, -0.05) is 6.07 Å². The van der Waals surface area contributed by atoms with Crippen molar-refractivity contribution >= 4 is 6.09 Å². The fourth-order valence-corrected chi connectivity index (χ4v) is 0.554. The van der Waals surface area contributed by atoms with Crippen molar-refractivity contribution in [3.05, 3.63) is 34.8 Å². The number of hydrogen-bond acceptors (Lipinski definition) is 3. The van der Waals surface area contributed by atoms with E-state index in [1.165, 1.54) is 12.3 Å². The van der Waals surface area contributed by atoms with E-state index in [0.29, 0.717) is 0 Å². The SMILES string of the molecule is [N-]=[N+]=NC(=O)Oc1ccccn1. The summed E-state index contributed by atoms with van der Waals surface area (Å²) in [5.74, 6) is 0.106. The summed E-state index contributed by atoms with van der Waals surface area (Å²) >= 11 is 0. The van der Waals surface area contributed by atoms with Crippen molar-refractivity contribution in [2.24, 2.45) is 5.11 Å². The highest BCUT2D eigenvalue weighted by Gasteiger charge is 1.99. The van der Waals surface area contributed by atoms with Crippen LogP contribution >= 0.6 is 0 Å². The fraction of sp³-hybridized carbons (Fsp3) is 0. The van der Waals surface area contributed by atoms with Gasteiger partial charge in [0.15, 0.2) is 0 Å². The van der Waals surface area contributed by atoms with E-state index >= 15 is 0 Å². The second-order valence-electron chi connectivity index (χ2n) is 1.73. The molecule has 0 saturated heterocycles. The molecule has 0 atom stereocenters. The zero-order valence-corrected chi connectivity index (χ0v) is 5.91. The second-order valence-corrected chi connectivity index (χ2v) is 1.73. The molecule has 0 saturated carbocycles. The van der Waals surface area contributed by atoms with Crippen molar-refractivity contribution in [2.45, 2.75) is 0 Å². The van der Waals surface area contributed by atoms with E-state index in [-0.39, 0.29) is 5.88 Å². The van der Waals surface area contributed by atoms with Crippen LogP contribution in [0.1, 0.15) is 0 Å². The van der Waals surface area contributed by atoms with E-state index < -0.39 is 6.09 Å². The molecule has 1 aromatic rings. The molecule has 0 aliphatic rings. The second kappa shape index (κ2) is 3.95. The number of amides is 1. The molecule has 1 amide bonds. The third-order valence-corrected chi connectivity index (χ3v) is 0.956. The highest BCUT2D eigenvalue weighted by molar-refractivity contribution is 5.70. The monoisotopic (exact) mass is 164 g/mol. The number of rotatable bonds is 1. The molecule has 0 N–H and O–H groups in total. The number of nitrogens with zero attached hydrogens (tertiary/aromatic N) is 4. The van der Waals surface area contributed by atoms with E-state index in [4.69, 9.17) is 5.53 Å². The van der Waals surface area contributed by atoms with Crippen LogP contribution < -0.4 is 4.74 Å². The minimum atomic E-state index is -1.02. The van der Waals surface area contributed by atoms with Crippen molar-refractivity contribution in [3.63, 3.8) is 0 Å². The Labute approximate surface area is 67.4 Å². The van der Waals surface area contributed by atoms with Crippen LogP contribution in [0.4, 0.5) is 4.79 Å². The maximum Gasteiger partial charge on any atom is 0.403 e. The summed E-state index contributed by atoms with van der Waals surface area (Å²) in [5, 5.41) is 2.70. The largest absolute Gasteiger partial charge is 0.403 e. The van der Waals surface area contributed by atoms with Gasteiger partial charge in [-0.15, -0.1) is 0 Å². The van der Waals surface area contributed by atoms with Crippen molar-refractivity contribution in [3.8, 4) is 5.88 Å². The Hall–Kier alpha value is -2.07. The van der Waals surface area contributed by atoms with Gasteiger partial charge in [0, 0.05) is 22.3 Å².